The Morgan fingerprint density at radius 3 is 2.62 bits per heavy atom. The minimum absolute atomic E-state index is 0.0992. The second-order valence-corrected chi connectivity index (χ2v) is 9.09. The number of nitrogens with zero attached hydrogens (tertiary/aromatic N) is 4. The lowest BCUT2D eigenvalue weighted by Gasteiger charge is -2.24. The first-order valence-corrected chi connectivity index (χ1v) is 10.8. The van der Waals surface area contributed by atoms with Crippen LogP contribution in [-0.2, 0) is 16.6 Å². The maximum Gasteiger partial charge on any atom is 0.415 e. The topological polar surface area (TPSA) is 115 Å². The van der Waals surface area contributed by atoms with E-state index in [0.29, 0.717) is 22.4 Å². The van der Waals surface area contributed by atoms with Crippen molar-refractivity contribution in [2.45, 2.75) is 46.3 Å². The minimum Gasteiger partial charge on any atom is -0.443 e. The van der Waals surface area contributed by atoms with Crippen molar-refractivity contribution in [1.82, 2.24) is 19.9 Å². The number of benzene rings is 1. The third-order valence-electron chi connectivity index (χ3n) is 4.99. The van der Waals surface area contributed by atoms with Gasteiger partial charge in [0, 0.05) is 26.6 Å². The number of carbonyl (C=O) groups excluding carboxylic acids is 2. The second-order valence-electron chi connectivity index (χ2n) is 9.09. The van der Waals surface area contributed by atoms with Crippen molar-refractivity contribution in [3.8, 4) is 11.8 Å². The fraction of sp³-hybridized carbons (Fsp3) is 0.360. The Kier molecular flexibility index (Phi) is 6.82. The summed E-state index contributed by atoms with van der Waals surface area (Å²) in [4.78, 5) is 34.1. The average molecular weight is 463 g/mol. The summed E-state index contributed by atoms with van der Waals surface area (Å²) < 4.78 is 7.25. The molecule has 2 aromatic heterocycles. The van der Waals surface area contributed by atoms with Gasteiger partial charge in [-0.15, -0.1) is 0 Å². The van der Waals surface area contributed by atoms with Crippen LogP contribution in [0.1, 0.15) is 57.4 Å². The molecule has 9 heteroatoms. The predicted molar refractivity (Wildman–Crippen MR) is 132 cm³/mol. The maximum atomic E-state index is 12.6. The number of nitrogens with two attached hydrogens (primary N) is 1. The van der Waals surface area contributed by atoms with E-state index in [-0.39, 0.29) is 17.8 Å². The number of hydrogen-bond donors (Lipinski definition) is 2. The molecule has 3 rings (SSSR count). The van der Waals surface area contributed by atoms with E-state index in [1.807, 2.05) is 38.2 Å². The highest BCUT2D eigenvalue weighted by atomic mass is 16.6. The Balaban J connectivity index is 2.03. The lowest BCUT2D eigenvalue weighted by molar-refractivity contribution is -0.119. The Labute approximate surface area is 199 Å². The van der Waals surface area contributed by atoms with Gasteiger partial charge in [-0.3, -0.25) is 9.69 Å². The van der Waals surface area contributed by atoms with Crippen LogP contribution in [0.25, 0.3) is 11.0 Å². The molecule has 0 radical (unpaired) electrons. The molecule has 34 heavy (non-hydrogen) atoms. The Bertz CT molecular complexity index is 1310. The first-order chi connectivity index (χ1) is 15.9. The first kappa shape index (κ1) is 24.6. The molecule has 0 aliphatic heterocycles. The molecule has 0 aliphatic carbocycles. The number of nitrogens with one attached hydrogen (secondary N) is 1. The van der Waals surface area contributed by atoms with Gasteiger partial charge in [0.05, 0.1) is 23.4 Å². The summed E-state index contributed by atoms with van der Waals surface area (Å²) >= 11 is 0. The molecule has 3 aromatic rings. The number of pyridine rings is 1. The number of imidazole rings is 1. The Morgan fingerprint density at radius 1 is 1.26 bits per heavy atom. The van der Waals surface area contributed by atoms with E-state index >= 15 is 0 Å². The van der Waals surface area contributed by atoms with E-state index in [1.165, 1.54) is 11.8 Å². The number of amides is 2. The van der Waals surface area contributed by atoms with Gasteiger partial charge in [-0.2, -0.15) is 0 Å². The van der Waals surface area contributed by atoms with Crippen molar-refractivity contribution in [3.05, 3.63) is 47.3 Å². The van der Waals surface area contributed by atoms with E-state index in [1.54, 1.807) is 38.7 Å². The summed E-state index contributed by atoms with van der Waals surface area (Å²) in [5.74, 6) is 6.62. The number of aryl methyl sites for hydroxylation is 1. The third kappa shape index (κ3) is 5.46. The van der Waals surface area contributed by atoms with E-state index in [0.717, 1.165) is 11.1 Å². The van der Waals surface area contributed by atoms with Crippen LogP contribution < -0.4 is 16.0 Å². The Morgan fingerprint density at radius 2 is 1.97 bits per heavy atom. The quantitative estimate of drug-likeness (QED) is 0.576. The predicted octanol–water partition coefficient (Wildman–Crippen LogP) is 3.52. The molecule has 0 spiro atoms. The van der Waals surface area contributed by atoms with Gasteiger partial charge < -0.3 is 20.4 Å². The van der Waals surface area contributed by atoms with Crippen LogP contribution in [-0.4, -0.2) is 39.2 Å². The SMILES string of the molecule is CC(=O)NC(C)c1cccc(C#Cc2c(N)nc(N(C)C(=O)OC(C)(C)C)c3ncn(C)c23)c1. The van der Waals surface area contributed by atoms with Crippen molar-refractivity contribution in [3.63, 3.8) is 0 Å². The lowest BCUT2D eigenvalue weighted by Crippen LogP contribution is -2.34. The van der Waals surface area contributed by atoms with E-state index < -0.39 is 11.7 Å². The molecule has 3 N–H and O–H groups in total. The van der Waals surface area contributed by atoms with E-state index in [4.69, 9.17) is 10.5 Å². The smallest absolute Gasteiger partial charge is 0.415 e. The lowest BCUT2D eigenvalue weighted by atomic mass is 10.0. The van der Waals surface area contributed by atoms with Crippen LogP contribution in [0, 0.1) is 11.8 Å². The number of aromatic nitrogens is 3. The monoisotopic (exact) mass is 462 g/mol. The number of carbonyl (C=O) groups is 2. The van der Waals surface area contributed by atoms with Gasteiger partial charge in [-0.05, 0) is 45.4 Å². The molecule has 0 saturated heterocycles. The van der Waals surface area contributed by atoms with Gasteiger partial charge in [0.2, 0.25) is 5.91 Å². The standard InChI is InChI=1S/C25H30N6O3/c1-15(28-16(2)32)18-10-8-9-17(13-18)11-12-19-21-20(27-14-30(21)6)23(29-22(19)26)31(7)24(33)34-25(3,4)5/h8-10,13-15H,1-7H3,(H2,26,29)(H,28,32). The zero-order chi connectivity index (χ0) is 25.2. The number of anilines is 2. The summed E-state index contributed by atoms with van der Waals surface area (Å²) in [6, 6.07) is 7.48. The van der Waals surface area contributed by atoms with E-state index in [9.17, 15) is 9.59 Å². The molecule has 0 saturated carbocycles. The largest absolute Gasteiger partial charge is 0.443 e. The van der Waals surface area contributed by atoms with Crippen molar-refractivity contribution in [1.29, 1.82) is 0 Å². The molecule has 178 valence electrons. The summed E-state index contributed by atoms with van der Waals surface area (Å²) in [6.07, 6.45) is 1.06. The van der Waals surface area contributed by atoms with Crippen LogP contribution in [0.4, 0.5) is 16.4 Å². The second kappa shape index (κ2) is 9.43. The highest BCUT2D eigenvalue weighted by Crippen LogP contribution is 2.29. The van der Waals surface area contributed by atoms with Crippen LogP contribution in [0.2, 0.25) is 0 Å². The number of hydrogen-bond acceptors (Lipinski definition) is 6. The van der Waals surface area contributed by atoms with Gasteiger partial charge in [0.1, 0.15) is 16.9 Å². The average Bonchev–Trinajstić information content (AvgIpc) is 3.12. The maximum absolute atomic E-state index is 12.6. The first-order valence-electron chi connectivity index (χ1n) is 10.8. The number of fused-ring (bicyclic) bond motifs is 1. The molecular formula is C25H30N6O3. The third-order valence-corrected chi connectivity index (χ3v) is 4.99. The Hall–Kier alpha value is -4.06. The molecule has 9 nitrogen and oxygen atoms in total. The molecule has 1 aromatic carbocycles. The minimum atomic E-state index is -0.655. The number of rotatable bonds is 3. The molecule has 0 bridgehead atoms. The van der Waals surface area contributed by atoms with Crippen molar-refractivity contribution >= 4 is 34.7 Å². The van der Waals surface area contributed by atoms with Crippen molar-refractivity contribution < 1.29 is 14.3 Å². The fourth-order valence-corrected chi connectivity index (χ4v) is 3.42. The summed E-state index contributed by atoms with van der Waals surface area (Å²) in [6.45, 7) is 8.78. The summed E-state index contributed by atoms with van der Waals surface area (Å²) in [5.41, 5.74) is 9.00. The van der Waals surface area contributed by atoms with Gasteiger partial charge in [0.25, 0.3) is 0 Å². The van der Waals surface area contributed by atoms with Crippen molar-refractivity contribution in [2.75, 3.05) is 17.7 Å². The van der Waals surface area contributed by atoms with Gasteiger partial charge in [-0.1, -0.05) is 24.0 Å². The molecule has 2 amide bonds. The van der Waals surface area contributed by atoms with Crippen LogP contribution in [0.3, 0.4) is 0 Å². The fourth-order valence-electron chi connectivity index (χ4n) is 3.42. The normalized spacial score (nSPS) is 12.0. The van der Waals surface area contributed by atoms with Crippen LogP contribution in [0.15, 0.2) is 30.6 Å². The zero-order valence-corrected chi connectivity index (χ0v) is 20.6. The van der Waals surface area contributed by atoms with Crippen molar-refractivity contribution in [2.24, 2.45) is 7.05 Å². The molecular weight excluding hydrogens is 432 g/mol. The van der Waals surface area contributed by atoms with Gasteiger partial charge in [0.15, 0.2) is 5.82 Å². The van der Waals surface area contributed by atoms with Crippen LogP contribution in [0.5, 0.6) is 0 Å². The zero-order valence-electron chi connectivity index (χ0n) is 20.6. The molecule has 1 unspecified atom stereocenters. The van der Waals surface area contributed by atoms with Gasteiger partial charge >= 0.3 is 6.09 Å². The molecule has 0 aliphatic rings. The summed E-state index contributed by atoms with van der Waals surface area (Å²) in [5, 5.41) is 2.87. The van der Waals surface area contributed by atoms with Gasteiger partial charge in [-0.25, -0.2) is 14.8 Å². The van der Waals surface area contributed by atoms with Crippen LogP contribution >= 0.6 is 0 Å². The highest BCUT2D eigenvalue weighted by molar-refractivity contribution is 6.00. The number of nitrogen functional groups attached to an aromatic ring is 1. The van der Waals surface area contributed by atoms with E-state index in [2.05, 4.69) is 27.1 Å². The molecule has 1 atom stereocenters. The summed E-state index contributed by atoms with van der Waals surface area (Å²) in [7, 11) is 3.39. The molecule has 2 heterocycles. The number of ether oxygens (including phenoxy) is 1. The highest BCUT2D eigenvalue weighted by Gasteiger charge is 2.25. The molecule has 0 fully saturated rings.